The fraction of sp³-hybridized carbons (Fsp3) is 0.909. The van der Waals surface area contributed by atoms with E-state index in [1.165, 1.54) is 26.4 Å². The molecule has 1 saturated heterocycles. The molecule has 29 heavy (non-hydrogen) atoms. The van der Waals surface area contributed by atoms with E-state index < -0.39 is 39.0 Å². The molecule has 0 aromatic rings. The molecule has 0 unspecified atom stereocenters. The number of methoxy groups -OCH3 is 1. The average Bonchev–Trinajstić information content (AvgIpc) is 2.68. The maximum Gasteiger partial charge on any atom is 0.192 e. The van der Waals surface area contributed by atoms with E-state index in [-0.39, 0.29) is 17.7 Å². The van der Waals surface area contributed by atoms with Gasteiger partial charge in [0.05, 0.1) is 12.7 Å². The van der Waals surface area contributed by atoms with Gasteiger partial charge in [0.1, 0.15) is 24.4 Å². The van der Waals surface area contributed by atoms with E-state index in [0.717, 1.165) is 12.8 Å². The summed E-state index contributed by atoms with van der Waals surface area (Å²) < 4.78 is 23.9. The standard InChI is InChI=1S/C22H42O6Si/c1-8-16(15-12-10-9-11-13-15)27-20-19(24)18(23)17(28-21(20)25-5)14-26-29(6,7)22(2,3)4/h8,15-21,23-24H,1,9-14H2,2-7H3/t16-,17+,18+,19-,20-,21-/m0/s1. The van der Waals surface area contributed by atoms with E-state index in [1.807, 2.05) is 0 Å². The van der Waals surface area contributed by atoms with Crippen LogP contribution in [0.1, 0.15) is 52.9 Å². The van der Waals surface area contributed by atoms with Gasteiger partial charge >= 0.3 is 0 Å². The summed E-state index contributed by atoms with van der Waals surface area (Å²) in [5.41, 5.74) is 0. The predicted molar refractivity (Wildman–Crippen MR) is 116 cm³/mol. The topological polar surface area (TPSA) is 77.4 Å². The van der Waals surface area contributed by atoms with E-state index in [9.17, 15) is 10.2 Å². The van der Waals surface area contributed by atoms with Gasteiger partial charge in [-0.05, 0) is 36.9 Å². The average molecular weight is 431 g/mol. The summed E-state index contributed by atoms with van der Waals surface area (Å²) >= 11 is 0. The zero-order chi connectivity index (χ0) is 21.8. The van der Waals surface area contributed by atoms with Crippen LogP contribution >= 0.6 is 0 Å². The molecular formula is C22H42O6Si. The largest absolute Gasteiger partial charge is 0.414 e. The van der Waals surface area contributed by atoms with Gasteiger partial charge in [-0.25, -0.2) is 0 Å². The molecule has 0 aromatic heterocycles. The van der Waals surface area contributed by atoms with Crippen molar-refractivity contribution >= 4 is 8.32 Å². The van der Waals surface area contributed by atoms with Gasteiger partial charge in [0.25, 0.3) is 0 Å². The highest BCUT2D eigenvalue weighted by Crippen LogP contribution is 2.37. The molecule has 170 valence electrons. The second kappa shape index (κ2) is 10.4. The Bertz CT molecular complexity index is 512. The smallest absolute Gasteiger partial charge is 0.192 e. The summed E-state index contributed by atoms with van der Waals surface area (Å²) in [4.78, 5) is 0. The van der Waals surface area contributed by atoms with Crippen molar-refractivity contribution in [2.75, 3.05) is 13.7 Å². The van der Waals surface area contributed by atoms with Gasteiger partial charge < -0.3 is 28.8 Å². The van der Waals surface area contributed by atoms with E-state index in [4.69, 9.17) is 18.6 Å². The molecular weight excluding hydrogens is 388 g/mol. The van der Waals surface area contributed by atoms with E-state index in [1.54, 1.807) is 6.08 Å². The van der Waals surface area contributed by atoms with E-state index >= 15 is 0 Å². The van der Waals surface area contributed by atoms with Gasteiger partial charge in [0.15, 0.2) is 14.6 Å². The first kappa shape index (κ1) is 25.0. The van der Waals surface area contributed by atoms with Crippen LogP contribution in [0.25, 0.3) is 0 Å². The van der Waals surface area contributed by atoms with Crippen LogP contribution in [0.15, 0.2) is 12.7 Å². The lowest BCUT2D eigenvalue weighted by Crippen LogP contribution is -2.61. The minimum atomic E-state index is -2.00. The van der Waals surface area contributed by atoms with Crippen LogP contribution in [0, 0.1) is 5.92 Å². The highest BCUT2D eigenvalue weighted by molar-refractivity contribution is 6.74. The first-order chi connectivity index (χ1) is 13.5. The van der Waals surface area contributed by atoms with Crippen molar-refractivity contribution in [2.24, 2.45) is 5.92 Å². The van der Waals surface area contributed by atoms with Crippen LogP contribution in [0.3, 0.4) is 0 Å². The number of aliphatic hydroxyl groups excluding tert-OH is 2. The zero-order valence-electron chi connectivity index (χ0n) is 19.1. The molecule has 2 rings (SSSR count). The van der Waals surface area contributed by atoms with E-state index in [0.29, 0.717) is 5.92 Å². The number of hydrogen-bond acceptors (Lipinski definition) is 6. The second-order valence-electron chi connectivity index (χ2n) is 10.0. The molecule has 1 aliphatic heterocycles. The lowest BCUT2D eigenvalue weighted by atomic mass is 9.85. The highest BCUT2D eigenvalue weighted by Gasteiger charge is 2.48. The van der Waals surface area contributed by atoms with Crippen molar-refractivity contribution < 1.29 is 28.8 Å². The molecule has 1 aliphatic carbocycles. The van der Waals surface area contributed by atoms with Gasteiger partial charge in [0, 0.05) is 7.11 Å². The number of rotatable bonds is 8. The van der Waals surface area contributed by atoms with Crippen molar-refractivity contribution in [3.8, 4) is 0 Å². The Balaban J connectivity index is 2.03. The summed E-state index contributed by atoms with van der Waals surface area (Å²) in [7, 11) is -0.474. The SMILES string of the molecule is C=C[C@H](O[C@@H]1[C@@H](OC)O[C@H](CO[Si](C)(C)C(C)(C)C)[C@@H](O)[C@@H]1O)C1CCCCC1. The molecule has 0 amide bonds. The Kier molecular flexibility index (Phi) is 8.92. The molecule has 6 nitrogen and oxygen atoms in total. The molecule has 0 bridgehead atoms. The Morgan fingerprint density at radius 3 is 2.28 bits per heavy atom. The molecule has 0 aromatic carbocycles. The van der Waals surface area contributed by atoms with Gasteiger partial charge in [-0.2, -0.15) is 0 Å². The van der Waals surface area contributed by atoms with Gasteiger partial charge in [-0.1, -0.05) is 46.1 Å². The molecule has 0 radical (unpaired) electrons. The summed E-state index contributed by atoms with van der Waals surface area (Å²) in [6.07, 6.45) is 2.98. The molecule has 7 heteroatoms. The van der Waals surface area contributed by atoms with Crippen molar-refractivity contribution in [3.05, 3.63) is 12.7 Å². The normalized spacial score (nSPS) is 33.4. The Morgan fingerprint density at radius 2 is 1.76 bits per heavy atom. The van der Waals surface area contributed by atoms with Crippen LogP contribution in [0.4, 0.5) is 0 Å². The maximum absolute atomic E-state index is 10.8. The molecule has 1 saturated carbocycles. The molecule has 0 spiro atoms. The predicted octanol–water partition coefficient (Wildman–Crippen LogP) is 3.62. The van der Waals surface area contributed by atoms with Crippen molar-refractivity contribution in [1.29, 1.82) is 0 Å². The molecule has 2 fully saturated rings. The number of aliphatic hydroxyl groups is 2. The van der Waals surface area contributed by atoms with Crippen LogP contribution in [0.5, 0.6) is 0 Å². The molecule has 6 atom stereocenters. The highest BCUT2D eigenvalue weighted by atomic mass is 28.4. The van der Waals surface area contributed by atoms with Crippen molar-refractivity contribution in [1.82, 2.24) is 0 Å². The summed E-state index contributed by atoms with van der Waals surface area (Å²) in [6.45, 7) is 14.9. The Hall–Kier alpha value is -0.283. The minimum absolute atomic E-state index is 0.0503. The molecule has 2 aliphatic rings. The summed E-state index contributed by atoms with van der Waals surface area (Å²) in [5.74, 6) is 0.378. The first-order valence-corrected chi connectivity index (χ1v) is 13.9. The zero-order valence-corrected chi connectivity index (χ0v) is 20.1. The fourth-order valence-corrected chi connectivity index (χ4v) is 4.90. The third kappa shape index (κ3) is 6.12. The van der Waals surface area contributed by atoms with Crippen LogP contribution < -0.4 is 0 Å². The van der Waals surface area contributed by atoms with Crippen LogP contribution in [0.2, 0.25) is 18.1 Å². The quantitative estimate of drug-likeness (QED) is 0.452. The number of ether oxygens (including phenoxy) is 3. The monoisotopic (exact) mass is 430 g/mol. The third-order valence-corrected chi connectivity index (χ3v) is 11.5. The van der Waals surface area contributed by atoms with Crippen LogP contribution in [-0.4, -0.2) is 69.1 Å². The van der Waals surface area contributed by atoms with Gasteiger partial charge in [-0.3, -0.25) is 0 Å². The first-order valence-electron chi connectivity index (χ1n) is 11.0. The minimum Gasteiger partial charge on any atom is -0.414 e. The van der Waals surface area contributed by atoms with E-state index in [2.05, 4.69) is 40.4 Å². The van der Waals surface area contributed by atoms with Crippen LogP contribution in [-0.2, 0) is 18.6 Å². The Labute approximate surface area is 177 Å². The van der Waals surface area contributed by atoms with Crippen molar-refractivity contribution in [3.63, 3.8) is 0 Å². The second-order valence-corrected chi connectivity index (χ2v) is 14.8. The summed E-state index contributed by atoms with van der Waals surface area (Å²) in [5, 5.41) is 21.6. The number of hydrogen-bond donors (Lipinski definition) is 2. The molecule has 2 N–H and O–H groups in total. The summed E-state index contributed by atoms with van der Waals surface area (Å²) in [6, 6.07) is 0. The molecule has 1 heterocycles. The Morgan fingerprint density at radius 1 is 1.14 bits per heavy atom. The van der Waals surface area contributed by atoms with Crippen molar-refractivity contribution in [2.45, 2.75) is 108 Å². The lowest BCUT2D eigenvalue weighted by Gasteiger charge is -2.45. The van der Waals surface area contributed by atoms with Gasteiger partial charge in [0.2, 0.25) is 0 Å². The lowest BCUT2D eigenvalue weighted by molar-refractivity contribution is -0.309. The van der Waals surface area contributed by atoms with Gasteiger partial charge in [-0.15, -0.1) is 6.58 Å². The maximum atomic E-state index is 10.8. The third-order valence-electron chi connectivity index (χ3n) is 6.95. The fourth-order valence-electron chi connectivity index (χ4n) is 3.89.